The van der Waals surface area contributed by atoms with Gasteiger partial charge in [-0.3, -0.25) is 0 Å². The number of rotatable bonds is 8. The molecule has 9 heteroatoms. The molecular formula is C10H17ClN4O4. The fourth-order valence-corrected chi connectivity index (χ4v) is 1.30. The Balaban J connectivity index is 2.90. The number of nitrogens with one attached hydrogen (secondary N) is 1. The van der Waals surface area contributed by atoms with Crippen LogP contribution in [0.3, 0.4) is 0 Å². The Morgan fingerprint density at radius 3 is 2.32 bits per heavy atom. The highest BCUT2D eigenvalue weighted by Gasteiger charge is 2.29. The monoisotopic (exact) mass is 292 g/mol. The second-order valence-corrected chi connectivity index (χ2v) is 4.28. The summed E-state index contributed by atoms with van der Waals surface area (Å²) < 4.78 is 5.22. The minimum absolute atomic E-state index is 0.00301. The van der Waals surface area contributed by atoms with Gasteiger partial charge in [-0.25, -0.2) is 0 Å². The van der Waals surface area contributed by atoms with E-state index in [1.54, 1.807) is 0 Å². The lowest BCUT2D eigenvalue weighted by molar-refractivity contribution is 0.0827. The summed E-state index contributed by atoms with van der Waals surface area (Å²) in [6.07, 6.45) is 0.778. The highest BCUT2D eigenvalue weighted by atomic mass is 35.5. The Morgan fingerprint density at radius 2 is 1.79 bits per heavy atom. The van der Waals surface area contributed by atoms with Crippen LogP contribution in [0.15, 0.2) is 0 Å². The van der Waals surface area contributed by atoms with Gasteiger partial charge in [-0.05, 0) is 18.0 Å². The van der Waals surface area contributed by atoms with Gasteiger partial charge in [-0.2, -0.15) is 15.0 Å². The summed E-state index contributed by atoms with van der Waals surface area (Å²) in [5.74, 6) is 0.00301. The molecule has 108 valence electrons. The number of aliphatic hydroxyl groups is 3. The molecule has 0 atom stereocenters. The van der Waals surface area contributed by atoms with Crippen molar-refractivity contribution < 1.29 is 20.1 Å². The zero-order valence-electron chi connectivity index (χ0n) is 10.5. The minimum atomic E-state index is -1.34. The van der Waals surface area contributed by atoms with Crippen LogP contribution in [0, 0.1) is 0 Å². The number of hydrogen-bond donors (Lipinski definition) is 4. The van der Waals surface area contributed by atoms with Crippen LogP contribution in [0.25, 0.3) is 0 Å². The summed E-state index contributed by atoms with van der Waals surface area (Å²) in [5.41, 5.74) is -1.34. The van der Waals surface area contributed by atoms with Crippen LogP contribution < -0.4 is 10.1 Å². The van der Waals surface area contributed by atoms with E-state index in [9.17, 15) is 15.3 Å². The fraction of sp³-hybridized carbons (Fsp3) is 0.700. The Bertz CT molecular complexity index is 395. The largest absolute Gasteiger partial charge is 0.463 e. The standard InChI is InChI=1S/C10H17ClN4O4/c1-2-3-19-9-13-7(11)12-8(14-9)15-10(4-16,5-17)6-18/h16-18H,2-6H2,1H3,(H,12,13,14,15). The van der Waals surface area contributed by atoms with Gasteiger partial charge in [-0.15, -0.1) is 0 Å². The molecule has 1 aromatic heterocycles. The van der Waals surface area contributed by atoms with E-state index >= 15 is 0 Å². The molecule has 0 aromatic carbocycles. The zero-order valence-corrected chi connectivity index (χ0v) is 11.3. The second-order valence-electron chi connectivity index (χ2n) is 3.94. The number of nitrogens with zero attached hydrogens (tertiary/aromatic N) is 3. The van der Waals surface area contributed by atoms with Gasteiger partial charge < -0.3 is 25.4 Å². The zero-order chi connectivity index (χ0) is 14.3. The number of aliphatic hydroxyl groups excluding tert-OH is 3. The van der Waals surface area contributed by atoms with Crippen molar-refractivity contribution in [1.29, 1.82) is 0 Å². The molecule has 0 bridgehead atoms. The van der Waals surface area contributed by atoms with Gasteiger partial charge in [0.15, 0.2) is 0 Å². The molecule has 1 rings (SSSR count). The van der Waals surface area contributed by atoms with Crippen LogP contribution in [0.2, 0.25) is 5.28 Å². The number of hydrogen-bond acceptors (Lipinski definition) is 8. The van der Waals surface area contributed by atoms with Crippen LogP contribution >= 0.6 is 11.6 Å². The first kappa shape index (κ1) is 15.8. The van der Waals surface area contributed by atoms with E-state index < -0.39 is 25.4 Å². The maximum absolute atomic E-state index is 9.20. The molecule has 0 radical (unpaired) electrons. The number of aromatic nitrogens is 3. The molecule has 19 heavy (non-hydrogen) atoms. The first-order valence-corrected chi connectivity index (χ1v) is 6.12. The van der Waals surface area contributed by atoms with Gasteiger partial charge in [0.2, 0.25) is 11.2 Å². The quantitative estimate of drug-likeness (QED) is 0.503. The van der Waals surface area contributed by atoms with E-state index in [1.807, 2.05) is 6.92 Å². The van der Waals surface area contributed by atoms with Gasteiger partial charge in [0.05, 0.1) is 26.4 Å². The predicted octanol–water partition coefficient (Wildman–Crippen LogP) is -0.559. The molecular weight excluding hydrogens is 276 g/mol. The Hall–Kier alpha value is -1.22. The Labute approximate surface area is 115 Å². The molecule has 0 aliphatic carbocycles. The van der Waals surface area contributed by atoms with E-state index in [0.29, 0.717) is 6.61 Å². The fourth-order valence-electron chi connectivity index (χ4n) is 1.15. The van der Waals surface area contributed by atoms with Crippen molar-refractivity contribution in [3.05, 3.63) is 5.28 Å². The second kappa shape index (κ2) is 7.39. The Kier molecular flexibility index (Phi) is 6.16. The summed E-state index contributed by atoms with van der Waals surface area (Å²) in [4.78, 5) is 11.5. The van der Waals surface area contributed by atoms with E-state index in [2.05, 4.69) is 20.3 Å². The van der Waals surface area contributed by atoms with Crippen molar-refractivity contribution in [2.45, 2.75) is 18.9 Å². The van der Waals surface area contributed by atoms with Crippen molar-refractivity contribution in [2.24, 2.45) is 0 Å². The molecule has 0 aliphatic rings. The van der Waals surface area contributed by atoms with Crippen molar-refractivity contribution in [3.63, 3.8) is 0 Å². The molecule has 0 aliphatic heterocycles. The van der Waals surface area contributed by atoms with Crippen molar-refractivity contribution in [1.82, 2.24) is 15.0 Å². The van der Waals surface area contributed by atoms with Crippen LogP contribution in [0.1, 0.15) is 13.3 Å². The van der Waals surface area contributed by atoms with Crippen LogP contribution in [0.4, 0.5) is 5.95 Å². The molecule has 1 heterocycles. The maximum Gasteiger partial charge on any atom is 0.322 e. The van der Waals surface area contributed by atoms with Crippen molar-refractivity contribution in [2.75, 3.05) is 31.7 Å². The third-order valence-electron chi connectivity index (χ3n) is 2.31. The summed E-state index contributed by atoms with van der Waals surface area (Å²) >= 11 is 5.72. The topological polar surface area (TPSA) is 121 Å². The lowest BCUT2D eigenvalue weighted by Crippen LogP contribution is -2.49. The maximum atomic E-state index is 9.20. The first-order valence-electron chi connectivity index (χ1n) is 5.74. The summed E-state index contributed by atoms with van der Waals surface area (Å²) in [6, 6.07) is 0.0343. The molecule has 0 amide bonds. The van der Waals surface area contributed by atoms with Gasteiger partial charge in [0, 0.05) is 0 Å². The first-order chi connectivity index (χ1) is 9.09. The number of ether oxygens (including phenoxy) is 1. The highest BCUT2D eigenvalue weighted by Crippen LogP contribution is 2.16. The summed E-state index contributed by atoms with van der Waals surface area (Å²) in [5, 5.41) is 30.1. The molecule has 0 saturated carbocycles. The van der Waals surface area contributed by atoms with E-state index in [-0.39, 0.29) is 17.2 Å². The molecule has 1 aromatic rings. The Morgan fingerprint density at radius 1 is 1.16 bits per heavy atom. The normalized spacial score (nSPS) is 11.4. The SMILES string of the molecule is CCCOc1nc(Cl)nc(NC(CO)(CO)CO)n1. The van der Waals surface area contributed by atoms with Gasteiger partial charge in [0.25, 0.3) is 0 Å². The molecule has 0 spiro atoms. The third kappa shape index (κ3) is 4.43. The van der Waals surface area contributed by atoms with Crippen LogP contribution in [0.5, 0.6) is 6.01 Å². The summed E-state index contributed by atoms with van der Waals surface area (Å²) in [6.45, 7) is 0.832. The van der Waals surface area contributed by atoms with Crippen molar-refractivity contribution in [3.8, 4) is 6.01 Å². The third-order valence-corrected chi connectivity index (χ3v) is 2.48. The van der Waals surface area contributed by atoms with E-state index in [0.717, 1.165) is 6.42 Å². The number of halogens is 1. The van der Waals surface area contributed by atoms with Gasteiger partial charge in [0.1, 0.15) is 5.54 Å². The summed E-state index contributed by atoms with van der Waals surface area (Å²) in [7, 11) is 0. The average Bonchev–Trinajstić information content (AvgIpc) is 2.42. The average molecular weight is 293 g/mol. The van der Waals surface area contributed by atoms with Crippen LogP contribution in [-0.2, 0) is 0 Å². The smallest absolute Gasteiger partial charge is 0.322 e. The molecule has 0 saturated heterocycles. The molecule has 0 fully saturated rings. The van der Waals surface area contributed by atoms with E-state index in [4.69, 9.17) is 16.3 Å². The van der Waals surface area contributed by atoms with Gasteiger partial charge in [-0.1, -0.05) is 6.92 Å². The number of anilines is 1. The lowest BCUT2D eigenvalue weighted by atomic mass is 10.0. The molecule has 0 unspecified atom stereocenters. The molecule has 4 N–H and O–H groups in total. The van der Waals surface area contributed by atoms with Crippen LogP contribution in [-0.4, -0.2) is 62.2 Å². The highest BCUT2D eigenvalue weighted by molar-refractivity contribution is 6.28. The minimum Gasteiger partial charge on any atom is -0.463 e. The molecule has 8 nitrogen and oxygen atoms in total. The predicted molar refractivity (Wildman–Crippen MR) is 68.2 cm³/mol. The van der Waals surface area contributed by atoms with Crippen molar-refractivity contribution >= 4 is 17.5 Å². The van der Waals surface area contributed by atoms with E-state index in [1.165, 1.54) is 0 Å². The van der Waals surface area contributed by atoms with Gasteiger partial charge >= 0.3 is 6.01 Å². The lowest BCUT2D eigenvalue weighted by Gasteiger charge is -2.28.